The summed E-state index contributed by atoms with van der Waals surface area (Å²) in [6.07, 6.45) is 2.46. The van der Waals surface area contributed by atoms with Crippen LogP contribution in [-0.2, 0) is 9.47 Å². The van der Waals surface area contributed by atoms with Crippen LogP contribution in [0.15, 0.2) is 24.3 Å². The SMILES string of the molecule is CCCC(OCC1(CC)COC1)Oc1ccc(C(=O)O)cc1. The van der Waals surface area contributed by atoms with Gasteiger partial charge in [-0.3, -0.25) is 0 Å². The smallest absolute Gasteiger partial charge is 0.335 e. The Bertz CT molecular complexity index is 473. The second kappa shape index (κ2) is 7.61. The third-order valence-electron chi connectivity index (χ3n) is 4.04. The zero-order valence-corrected chi connectivity index (χ0v) is 13.2. The van der Waals surface area contributed by atoms with Crippen molar-refractivity contribution in [2.45, 2.75) is 39.4 Å². The number of hydrogen-bond acceptors (Lipinski definition) is 4. The molecule has 1 aromatic rings. The van der Waals surface area contributed by atoms with Crippen LogP contribution in [0.2, 0.25) is 0 Å². The number of carboxylic acid groups (broad SMARTS) is 1. The van der Waals surface area contributed by atoms with Gasteiger partial charge in [-0.05, 0) is 30.7 Å². The van der Waals surface area contributed by atoms with Crippen LogP contribution < -0.4 is 4.74 Å². The lowest BCUT2D eigenvalue weighted by Gasteiger charge is -2.41. The fourth-order valence-corrected chi connectivity index (χ4v) is 2.29. The first-order valence-corrected chi connectivity index (χ1v) is 7.78. The number of benzene rings is 1. The monoisotopic (exact) mass is 308 g/mol. The Balaban J connectivity index is 1.91. The van der Waals surface area contributed by atoms with E-state index in [-0.39, 0.29) is 17.3 Å². The van der Waals surface area contributed by atoms with E-state index in [1.807, 2.05) is 0 Å². The first-order chi connectivity index (χ1) is 10.6. The molecule has 5 heteroatoms. The highest BCUT2D eigenvalue weighted by Gasteiger charge is 2.37. The quantitative estimate of drug-likeness (QED) is 0.709. The topological polar surface area (TPSA) is 65.0 Å². The van der Waals surface area contributed by atoms with Crippen LogP contribution in [0.25, 0.3) is 0 Å². The number of carbonyl (C=O) groups is 1. The minimum atomic E-state index is -0.942. The van der Waals surface area contributed by atoms with Crippen molar-refractivity contribution in [1.82, 2.24) is 0 Å². The van der Waals surface area contributed by atoms with Crippen molar-refractivity contribution in [3.05, 3.63) is 29.8 Å². The average molecular weight is 308 g/mol. The van der Waals surface area contributed by atoms with Crippen LogP contribution in [-0.4, -0.2) is 37.2 Å². The molecule has 1 fully saturated rings. The van der Waals surface area contributed by atoms with Gasteiger partial charge < -0.3 is 19.3 Å². The van der Waals surface area contributed by atoms with Crippen molar-refractivity contribution < 1.29 is 24.1 Å². The summed E-state index contributed by atoms with van der Waals surface area (Å²) in [5.41, 5.74) is 0.375. The summed E-state index contributed by atoms with van der Waals surface area (Å²) < 4.78 is 17.1. The van der Waals surface area contributed by atoms with Gasteiger partial charge in [0.1, 0.15) is 5.75 Å². The van der Waals surface area contributed by atoms with E-state index in [0.717, 1.165) is 32.5 Å². The molecule has 0 aliphatic carbocycles. The molecule has 0 spiro atoms. The first kappa shape index (κ1) is 16.8. The Kier molecular flexibility index (Phi) is 5.80. The van der Waals surface area contributed by atoms with Gasteiger partial charge in [0.15, 0.2) is 6.29 Å². The summed E-state index contributed by atoms with van der Waals surface area (Å²) in [5.74, 6) is -0.318. The Morgan fingerprint density at radius 3 is 2.45 bits per heavy atom. The Morgan fingerprint density at radius 1 is 1.32 bits per heavy atom. The largest absolute Gasteiger partial charge is 0.478 e. The van der Waals surface area contributed by atoms with E-state index < -0.39 is 5.97 Å². The van der Waals surface area contributed by atoms with Crippen LogP contribution >= 0.6 is 0 Å². The zero-order chi connectivity index (χ0) is 16.0. The van der Waals surface area contributed by atoms with Gasteiger partial charge in [0, 0.05) is 11.8 Å². The van der Waals surface area contributed by atoms with Gasteiger partial charge in [-0.2, -0.15) is 0 Å². The van der Waals surface area contributed by atoms with Gasteiger partial charge in [-0.15, -0.1) is 0 Å². The van der Waals surface area contributed by atoms with Crippen LogP contribution in [0.5, 0.6) is 5.75 Å². The maximum Gasteiger partial charge on any atom is 0.335 e. The summed E-state index contributed by atoms with van der Waals surface area (Å²) in [6.45, 7) is 6.34. The molecule has 1 heterocycles. The fourth-order valence-electron chi connectivity index (χ4n) is 2.29. The van der Waals surface area contributed by atoms with E-state index in [4.69, 9.17) is 19.3 Å². The molecular weight excluding hydrogens is 284 g/mol. The molecule has 2 rings (SSSR count). The fraction of sp³-hybridized carbons (Fsp3) is 0.588. The van der Waals surface area contributed by atoms with Crippen LogP contribution in [0.4, 0.5) is 0 Å². The first-order valence-electron chi connectivity index (χ1n) is 7.78. The molecule has 1 saturated heterocycles. The molecule has 1 aliphatic rings. The lowest BCUT2D eigenvalue weighted by molar-refractivity contribution is -0.187. The van der Waals surface area contributed by atoms with Gasteiger partial charge >= 0.3 is 5.97 Å². The predicted molar refractivity (Wildman–Crippen MR) is 82.2 cm³/mol. The highest BCUT2D eigenvalue weighted by molar-refractivity contribution is 5.87. The van der Waals surface area contributed by atoms with Crippen molar-refractivity contribution >= 4 is 5.97 Å². The normalized spacial score (nSPS) is 17.5. The molecule has 0 saturated carbocycles. The lowest BCUT2D eigenvalue weighted by Crippen LogP contribution is -2.46. The summed E-state index contributed by atoms with van der Waals surface area (Å²) in [4.78, 5) is 10.8. The molecule has 1 aliphatic heterocycles. The van der Waals surface area contributed by atoms with Crippen molar-refractivity contribution in [1.29, 1.82) is 0 Å². The minimum absolute atomic E-state index is 0.127. The number of hydrogen-bond donors (Lipinski definition) is 1. The Morgan fingerprint density at radius 2 is 2.00 bits per heavy atom. The predicted octanol–water partition coefficient (Wildman–Crippen LogP) is 3.33. The van der Waals surface area contributed by atoms with E-state index in [1.165, 1.54) is 12.1 Å². The summed E-state index contributed by atoms with van der Waals surface area (Å²) in [6, 6.07) is 6.40. The van der Waals surface area contributed by atoms with Crippen LogP contribution in [0.1, 0.15) is 43.5 Å². The standard InChI is InChI=1S/C17H24O5/c1-3-5-15(21-12-17(4-2)10-20-11-17)22-14-8-6-13(7-9-14)16(18)19/h6-9,15H,3-5,10-12H2,1-2H3,(H,18,19). The van der Waals surface area contributed by atoms with Crippen molar-refractivity contribution in [3.63, 3.8) is 0 Å². The van der Waals surface area contributed by atoms with Crippen LogP contribution in [0, 0.1) is 5.41 Å². The van der Waals surface area contributed by atoms with E-state index in [1.54, 1.807) is 12.1 Å². The zero-order valence-electron chi connectivity index (χ0n) is 13.2. The molecule has 0 aromatic heterocycles. The van der Waals surface area contributed by atoms with E-state index in [9.17, 15) is 4.79 Å². The molecular formula is C17H24O5. The van der Waals surface area contributed by atoms with Crippen molar-refractivity contribution in [3.8, 4) is 5.75 Å². The molecule has 0 radical (unpaired) electrons. The third kappa shape index (κ3) is 4.21. The summed E-state index contributed by atoms with van der Waals surface area (Å²) in [7, 11) is 0. The number of aromatic carboxylic acids is 1. The molecule has 0 amide bonds. The molecule has 22 heavy (non-hydrogen) atoms. The van der Waals surface area contributed by atoms with Gasteiger partial charge in [0.05, 0.1) is 25.4 Å². The number of ether oxygens (including phenoxy) is 3. The highest BCUT2D eigenvalue weighted by Crippen LogP contribution is 2.32. The molecule has 1 aromatic carbocycles. The van der Waals surface area contributed by atoms with Gasteiger partial charge in [0.25, 0.3) is 0 Å². The van der Waals surface area contributed by atoms with Gasteiger partial charge in [0.2, 0.25) is 0 Å². The van der Waals surface area contributed by atoms with Crippen molar-refractivity contribution in [2.75, 3.05) is 19.8 Å². The maximum atomic E-state index is 10.8. The number of carboxylic acids is 1. The van der Waals surface area contributed by atoms with Crippen LogP contribution in [0.3, 0.4) is 0 Å². The number of rotatable bonds is 9. The Hall–Kier alpha value is -1.59. The third-order valence-corrected chi connectivity index (χ3v) is 4.04. The van der Waals surface area contributed by atoms with Gasteiger partial charge in [-0.1, -0.05) is 20.3 Å². The van der Waals surface area contributed by atoms with Gasteiger partial charge in [-0.25, -0.2) is 4.79 Å². The molecule has 5 nitrogen and oxygen atoms in total. The molecule has 0 bridgehead atoms. The molecule has 1 unspecified atom stereocenters. The van der Waals surface area contributed by atoms with E-state index in [0.29, 0.717) is 12.4 Å². The molecule has 1 atom stereocenters. The summed E-state index contributed by atoms with van der Waals surface area (Å²) in [5, 5.41) is 8.90. The molecule has 122 valence electrons. The summed E-state index contributed by atoms with van der Waals surface area (Å²) >= 11 is 0. The minimum Gasteiger partial charge on any atom is -0.478 e. The van der Waals surface area contributed by atoms with E-state index in [2.05, 4.69) is 13.8 Å². The second-order valence-electron chi connectivity index (χ2n) is 5.82. The maximum absolute atomic E-state index is 10.8. The second-order valence-corrected chi connectivity index (χ2v) is 5.82. The van der Waals surface area contributed by atoms with Crippen molar-refractivity contribution in [2.24, 2.45) is 5.41 Å². The molecule has 1 N–H and O–H groups in total. The Labute approximate surface area is 131 Å². The van der Waals surface area contributed by atoms with E-state index >= 15 is 0 Å². The lowest BCUT2D eigenvalue weighted by atomic mass is 9.84. The highest BCUT2D eigenvalue weighted by atomic mass is 16.7. The average Bonchev–Trinajstić information content (AvgIpc) is 2.47.